The first-order valence-electron chi connectivity index (χ1n) is 27.0. The standard InChI is InChI=1S/C59H70N8O13/c1-39-24-45-33-61-49-31-53(51(73-4)29-47(49)58(71)66(45)35-39)79-37-42-26-43(38-80-54-32-50-48(30-52(54)74-5)59(72)67-36-40(2)25-46(67)34-62-50)28-44(27-42)63-12-14-64(15-13-63)56(69)9-16-75-18-20-77-22-23-78-21-19-76-17-10-60-55(68)8-11-65-41(3)6-7-57(65)70/h6-7,26-34,45-46H,1-3,8-25,35-38H2,4-5H3,(H,60,68)/t45-,46-/m0/s1. The third kappa shape index (κ3) is 14.1. The fourth-order valence-electron chi connectivity index (χ4n) is 10.2. The van der Waals surface area contributed by atoms with Gasteiger partial charge in [-0.1, -0.05) is 30.9 Å². The molecule has 6 heterocycles. The van der Waals surface area contributed by atoms with Crippen molar-refractivity contribution in [3.63, 3.8) is 0 Å². The number of fused-ring (bicyclic) bond motifs is 4. The van der Waals surface area contributed by atoms with Gasteiger partial charge in [-0.15, -0.1) is 0 Å². The first kappa shape index (κ1) is 56.9. The minimum Gasteiger partial charge on any atom is -0.493 e. The van der Waals surface area contributed by atoms with Crippen molar-refractivity contribution >= 4 is 59.0 Å². The van der Waals surface area contributed by atoms with Crippen LogP contribution in [0.3, 0.4) is 0 Å². The highest BCUT2D eigenvalue weighted by Crippen LogP contribution is 2.41. The maximum Gasteiger partial charge on any atom is 0.257 e. The molecule has 0 spiro atoms. The van der Waals surface area contributed by atoms with E-state index in [0.717, 1.165) is 28.0 Å². The van der Waals surface area contributed by atoms with Crippen molar-refractivity contribution in [2.45, 2.75) is 51.0 Å². The van der Waals surface area contributed by atoms with E-state index in [0.29, 0.717) is 156 Å². The summed E-state index contributed by atoms with van der Waals surface area (Å²) in [5.74, 6) is 1.08. The zero-order chi connectivity index (χ0) is 56.1. The Morgan fingerprint density at radius 3 is 1.62 bits per heavy atom. The number of anilines is 1. The van der Waals surface area contributed by atoms with Gasteiger partial charge in [0.1, 0.15) is 13.2 Å². The van der Waals surface area contributed by atoms with Gasteiger partial charge in [0.25, 0.3) is 17.7 Å². The first-order chi connectivity index (χ1) is 38.8. The van der Waals surface area contributed by atoms with Crippen molar-refractivity contribution < 1.29 is 61.9 Å². The van der Waals surface area contributed by atoms with Gasteiger partial charge in [0.15, 0.2) is 23.0 Å². The highest BCUT2D eigenvalue weighted by molar-refractivity contribution is 6.05. The maximum atomic E-state index is 13.7. The highest BCUT2D eigenvalue weighted by atomic mass is 16.6. The van der Waals surface area contributed by atoms with Crippen molar-refractivity contribution in [1.29, 1.82) is 0 Å². The predicted molar refractivity (Wildman–Crippen MR) is 299 cm³/mol. The summed E-state index contributed by atoms with van der Waals surface area (Å²) in [6.07, 6.45) is 8.43. The number of hydrogen-bond donors (Lipinski definition) is 1. The zero-order valence-electron chi connectivity index (χ0n) is 45.6. The number of hydrogen-bond acceptors (Lipinski definition) is 16. The van der Waals surface area contributed by atoms with Gasteiger partial charge in [-0.3, -0.25) is 34.0 Å². The van der Waals surface area contributed by atoms with Crippen molar-refractivity contribution in [2.24, 2.45) is 9.98 Å². The lowest BCUT2D eigenvalue weighted by molar-refractivity contribution is -0.133. The molecule has 6 aliphatic heterocycles. The molecule has 3 aromatic carbocycles. The molecule has 424 valence electrons. The molecule has 1 N–H and O–H groups in total. The van der Waals surface area contributed by atoms with Crippen LogP contribution in [0.5, 0.6) is 23.0 Å². The summed E-state index contributed by atoms with van der Waals surface area (Å²) < 4.78 is 46.9. The molecule has 9 rings (SSSR count). The Bertz CT molecular complexity index is 2800. The molecule has 3 fully saturated rings. The van der Waals surface area contributed by atoms with Crippen LogP contribution in [0.4, 0.5) is 17.1 Å². The third-order valence-corrected chi connectivity index (χ3v) is 14.5. The molecule has 5 amide bonds. The molecule has 21 heteroatoms. The molecule has 0 saturated carbocycles. The number of ether oxygens (including phenoxy) is 8. The molecule has 2 atom stereocenters. The Hall–Kier alpha value is -7.85. The molecule has 3 aromatic rings. The van der Waals surface area contributed by atoms with Crippen LogP contribution in [0.1, 0.15) is 57.5 Å². The monoisotopic (exact) mass is 1100 g/mol. The predicted octanol–water partition coefficient (Wildman–Crippen LogP) is 5.36. The van der Waals surface area contributed by atoms with Crippen LogP contribution in [0, 0.1) is 0 Å². The first-order valence-corrected chi connectivity index (χ1v) is 27.0. The number of piperazine rings is 1. The minimum absolute atomic E-state index is 0.0116. The fraction of sp³-hybridized carbons (Fsp3) is 0.441. The number of methoxy groups -OCH3 is 2. The Morgan fingerprint density at radius 2 is 1.12 bits per heavy atom. The quantitative estimate of drug-likeness (QED) is 0.0753. The van der Waals surface area contributed by atoms with Gasteiger partial charge in [0, 0.05) is 101 Å². The molecule has 0 aliphatic carbocycles. The molecular formula is C59H70N8O13. The Kier molecular flexibility index (Phi) is 19.1. The molecule has 0 unspecified atom stereocenters. The lowest BCUT2D eigenvalue weighted by atomic mass is 10.1. The van der Waals surface area contributed by atoms with Crippen LogP contribution in [0.25, 0.3) is 0 Å². The van der Waals surface area contributed by atoms with Crippen molar-refractivity contribution in [1.82, 2.24) is 24.9 Å². The number of benzene rings is 3. The summed E-state index contributed by atoms with van der Waals surface area (Å²) in [7, 11) is 3.08. The number of carbonyl (C=O) groups excluding carboxylic acids is 5. The zero-order valence-corrected chi connectivity index (χ0v) is 45.6. The number of amides is 5. The Balaban J connectivity index is 0.740. The summed E-state index contributed by atoms with van der Waals surface area (Å²) in [4.78, 5) is 83.0. The number of nitrogens with one attached hydrogen (secondary N) is 1. The number of rotatable bonds is 27. The summed E-state index contributed by atoms with van der Waals surface area (Å²) in [5, 5.41) is 2.77. The molecule has 0 radical (unpaired) electrons. The van der Waals surface area contributed by atoms with E-state index in [1.54, 1.807) is 52.6 Å². The van der Waals surface area contributed by atoms with E-state index >= 15 is 0 Å². The molecule has 80 heavy (non-hydrogen) atoms. The molecular weight excluding hydrogens is 1030 g/mol. The lowest BCUT2D eigenvalue weighted by Crippen LogP contribution is -2.49. The summed E-state index contributed by atoms with van der Waals surface area (Å²) >= 11 is 0. The van der Waals surface area contributed by atoms with Crippen LogP contribution in [0.2, 0.25) is 0 Å². The Labute approximate surface area is 466 Å². The maximum absolute atomic E-state index is 13.7. The highest BCUT2D eigenvalue weighted by Gasteiger charge is 2.36. The SMILES string of the molecule is C=C1C[C@H]2C=Nc3cc(OCc4cc(COc5cc6c(cc5OC)C(=O)N5CC(=C)C[C@H]5C=N6)cc(N5CCN(C(=O)CCOCCOCCOCCOCCNC(=O)CCN6C(=C)C=CC6=O)CC5)c4)c(OC)cc3C(=O)N2C1. The number of aliphatic imine (C=N–C) groups is 2. The summed E-state index contributed by atoms with van der Waals surface area (Å²) in [6.45, 7) is 18.9. The molecule has 21 nitrogen and oxygen atoms in total. The normalized spacial score (nSPS) is 18.4. The van der Waals surface area contributed by atoms with Crippen molar-refractivity contribution in [3.8, 4) is 23.0 Å². The lowest BCUT2D eigenvalue weighted by Gasteiger charge is -2.36. The van der Waals surface area contributed by atoms with Crippen LogP contribution in [-0.2, 0) is 46.5 Å². The van der Waals surface area contributed by atoms with E-state index in [-0.39, 0.29) is 80.8 Å². The second kappa shape index (κ2) is 26.9. The topological polar surface area (TPSA) is 212 Å². The van der Waals surface area contributed by atoms with E-state index in [2.05, 4.69) is 42.1 Å². The van der Waals surface area contributed by atoms with E-state index in [1.807, 2.05) is 11.0 Å². The number of carbonyl (C=O) groups is 5. The van der Waals surface area contributed by atoms with E-state index in [9.17, 15) is 24.0 Å². The van der Waals surface area contributed by atoms with E-state index in [1.165, 1.54) is 25.2 Å². The molecule has 6 aliphatic rings. The van der Waals surface area contributed by atoms with Gasteiger partial charge in [-0.25, -0.2) is 0 Å². The molecule has 0 bridgehead atoms. The average Bonchev–Trinajstić information content (AvgIpc) is 4.12. The molecule has 3 saturated heterocycles. The number of allylic oxidation sites excluding steroid dienone is 1. The van der Waals surface area contributed by atoms with Gasteiger partial charge in [-0.2, -0.15) is 0 Å². The third-order valence-electron chi connectivity index (χ3n) is 14.5. The summed E-state index contributed by atoms with van der Waals surface area (Å²) in [5.41, 5.74) is 7.02. The summed E-state index contributed by atoms with van der Waals surface area (Å²) in [6, 6.07) is 12.7. The van der Waals surface area contributed by atoms with Crippen LogP contribution < -0.4 is 29.2 Å². The van der Waals surface area contributed by atoms with E-state index < -0.39 is 0 Å². The largest absolute Gasteiger partial charge is 0.493 e. The van der Waals surface area contributed by atoms with Gasteiger partial charge in [0.2, 0.25) is 11.8 Å². The van der Waals surface area contributed by atoms with Crippen molar-refractivity contribution in [2.75, 3.05) is 124 Å². The smallest absolute Gasteiger partial charge is 0.257 e. The Morgan fingerprint density at radius 1 is 0.613 bits per heavy atom. The van der Waals surface area contributed by atoms with Gasteiger partial charge in [-0.05, 0) is 60.4 Å². The van der Waals surface area contributed by atoms with Crippen LogP contribution >= 0.6 is 0 Å². The average molecular weight is 1100 g/mol. The second-order valence-electron chi connectivity index (χ2n) is 20.1. The van der Waals surface area contributed by atoms with E-state index in [4.69, 9.17) is 47.9 Å². The van der Waals surface area contributed by atoms with Crippen LogP contribution in [0.15, 0.2) is 101 Å². The van der Waals surface area contributed by atoms with Gasteiger partial charge >= 0.3 is 0 Å². The van der Waals surface area contributed by atoms with Gasteiger partial charge < -0.3 is 67.7 Å². The minimum atomic E-state index is -0.167. The van der Waals surface area contributed by atoms with Crippen LogP contribution in [-0.4, -0.2) is 193 Å². The van der Waals surface area contributed by atoms with Crippen molar-refractivity contribution in [3.05, 3.63) is 113 Å². The fourth-order valence-corrected chi connectivity index (χ4v) is 10.2. The number of nitrogens with zero attached hydrogens (tertiary/aromatic N) is 7. The molecule has 0 aromatic heterocycles. The van der Waals surface area contributed by atoms with Gasteiger partial charge in [0.05, 0.1) is 108 Å². The second-order valence-corrected chi connectivity index (χ2v) is 20.1.